The SMILES string of the molecule is O=C([O-])c1cnc(NCc2cccc(Cl)c2)nc1[O-].[Na+].[Na+]. The molecule has 0 unspecified atom stereocenters. The molecule has 0 aliphatic carbocycles. The molecular formula is C12H8ClN3Na2O3. The molecule has 1 aromatic heterocycles. The second kappa shape index (κ2) is 9.63. The molecule has 1 N–H and O–H groups in total. The van der Waals surface area contributed by atoms with Crippen LogP contribution in [0.25, 0.3) is 0 Å². The number of aromatic nitrogens is 2. The number of nitrogens with zero attached hydrogens (tertiary/aromatic N) is 2. The van der Waals surface area contributed by atoms with Crippen LogP contribution in [-0.2, 0) is 6.54 Å². The smallest absolute Gasteiger partial charge is 0.858 e. The Morgan fingerprint density at radius 3 is 2.62 bits per heavy atom. The number of halogens is 1. The van der Waals surface area contributed by atoms with Gasteiger partial charge < -0.3 is 20.3 Å². The number of rotatable bonds is 4. The number of benzene rings is 1. The quantitative estimate of drug-likeness (QED) is 0.563. The molecule has 1 aromatic carbocycles. The van der Waals surface area contributed by atoms with Gasteiger partial charge in [0.25, 0.3) is 0 Å². The molecular weight excluding hydrogens is 316 g/mol. The predicted molar refractivity (Wildman–Crippen MR) is 64.6 cm³/mol. The molecule has 98 valence electrons. The fourth-order valence-corrected chi connectivity index (χ4v) is 1.63. The van der Waals surface area contributed by atoms with E-state index in [2.05, 4.69) is 15.3 Å². The molecule has 0 saturated carbocycles. The molecule has 0 amide bonds. The first kappa shape index (κ1) is 20.7. The Balaban J connectivity index is 0.00000200. The largest absolute Gasteiger partial charge is 1.00 e. The van der Waals surface area contributed by atoms with E-state index in [1.165, 1.54) is 0 Å². The number of carbonyl (C=O) groups is 1. The van der Waals surface area contributed by atoms with E-state index in [1.807, 2.05) is 6.07 Å². The van der Waals surface area contributed by atoms with Crippen molar-refractivity contribution in [2.24, 2.45) is 0 Å². The van der Waals surface area contributed by atoms with Crippen molar-refractivity contribution in [3.63, 3.8) is 0 Å². The average Bonchev–Trinajstić information content (AvgIpc) is 2.36. The number of anilines is 1. The van der Waals surface area contributed by atoms with Gasteiger partial charge in [-0.25, -0.2) is 9.97 Å². The Labute approximate surface area is 170 Å². The number of nitrogens with one attached hydrogen (secondary N) is 1. The van der Waals surface area contributed by atoms with E-state index in [0.29, 0.717) is 11.6 Å². The fraction of sp³-hybridized carbons (Fsp3) is 0.0833. The third kappa shape index (κ3) is 6.12. The first-order chi connectivity index (χ1) is 9.06. The Morgan fingerprint density at radius 1 is 1.33 bits per heavy atom. The van der Waals surface area contributed by atoms with Crippen LogP contribution in [0.2, 0.25) is 5.02 Å². The van der Waals surface area contributed by atoms with Gasteiger partial charge in [-0.2, -0.15) is 0 Å². The van der Waals surface area contributed by atoms with E-state index in [9.17, 15) is 15.0 Å². The Bertz CT molecular complexity index is 628. The number of carboxylic acid groups (broad SMARTS) is 1. The summed E-state index contributed by atoms with van der Waals surface area (Å²) < 4.78 is 0. The standard InChI is InChI=1S/C12H10ClN3O3.2Na/c13-8-3-1-2-7(4-8)5-14-12-15-6-9(11(18)19)10(17)16-12;;/h1-4,6H,5H2,(H,18,19)(H2,14,15,16,17);;/q;2*+1/p-2. The summed E-state index contributed by atoms with van der Waals surface area (Å²) in [6, 6.07) is 7.12. The van der Waals surface area contributed by atoms with Crippen LogP contribution in [0.1, 0.15) is 15.9 Å². The second-order valence-electron chi connectivity index (χ2n) is 3.68. The summed E-state index contributed by atoms with van der Waals surface area (Å²) in [5.74, 6) is -2.43. The van der Waals surface area contributed by atoms with Gasteiger partial charge >= 0.3 is 59.1 Å². The molecule has 0 aliphatic rings. The maximum atomic E-state index is 11.3. The third-order valence-electron chi connectivity index (χ3n) is 2.31. The van der Waals surface area contributed by atoms with Gasteiger partial charge in [-0.15, -0.1) is 0 Å². The Kier molecular flexibility index (Phi) is 9.48. The van der Waals surface area contributed by atoms with E-state index < -0.39 is 17.4 Å². The molecule has 6 nitrogen and oxygen atoms in total. The van der Waals surface area contributed by atoms with Gasteiger partial charge in [-0.1, -0.05) is 23.7 Å². The van der Waals surface area contributed by atoms with Crippen LogP contribution in [0.5, 0.6) is 5.88 Å². The van der Waals surface area contributed by atoms with E-state index in [1.54, 1.807) is 18.2 Å². The van der Waals surface area contributed by atoms with Gasteiger partial charge in [0.2, 0.25) is 5.95 Å². The molecule has 1 heterocycles. The first-order valence-electron chi connectivity index (χ1n) is 5.30. The maximum Gasteiger partial charge on any atom is 1.00 e. The van der Waals surface area contributed by atoms with Crippen LogP contribution in [0.3, 0.4) is 0 Å². The van der Waals surface area contributed by atoms with Crippen molar-refractivity contribution in [1.29, 1.82) is 0 Å². The van der Waals surface area contributed by atoms with Gasteiger partial charge in [0.15, 0.2) is 0 Å². The first-order valence-corrected chi connectivity index (χ1v) is 5.68. The monoisotopic (exact) mass is 323 g/mol. The molecule has 0 radical (unpaired) electrons. The molecule has 0 bridgehead atoms. The molecule has 21 heavy (non-hydrogen) atoms. The van der Waals surface area contributed by atoms with Crippen LogP contribution in [0, 0.1) is 0 Å². The number of hydrogen-bond donors (Lipinski definition) is 1. The minimum atomic E-state index is -1.59. The normalized spacial score (nSPS) is 9.19. The van der Waals surface area contributed by atoms with Gasteiger partial charge in [0, 0.05) is 29.2 Å². The number of hydrogen-bond acceptors (Lipinski definition) is 6. The average molecular weight is 324 g/mol. The number of aromatic carboxylic acids is 1. The zero-order chi connectivity index (χ0) is 13.8. The summed E-state index contributed by atoms with van der Waals surface area (Å²) in [6.07, 6.45) is 0.922. The second-order valence-corrected chi connectivity index (χ2v) is 4.12. The van der Waals surface area contributed by atoms with E-state index in [-0.39, 0.29) is 65.1 Å². The number of carboxylic acids is 1. The summed E-state index contributed by atoms with van der Waals surface area (Å²) in [4.78, 5) is 17.7. The summed E-state index contributed by atoms with van der Waals surface area (Å²) >= 11 is 5.83. The van der Waals surface area contributed by atoms with E-state index >= 15 is 0 Å². The molecule has 0 atom stereocenters. The van der Waals surface area contributed by atoms with Crippen LogP contribution in [-0.4, -0.2) is 15.9 Å². The van der Waals surface area contributed by atoms with Crippen molar-refractivity contribution in [2.45, 2.75) is 6.54 Å². The van der Waals surface area contributed by atoms with Crippen molar-refractivity contribution >= 4 is 23.5 Å². The molecule has 9 heteroatoms. The molecule has 0 saturated heterocycles. The summed E-state index contributed by atoms with van der Waals surface area (Å²) in [6.45, 7) is 0.366. The number of carbonyl (C=O) groups excluding carboxylic acids is 1. The summed E-state index contributed by atoms with van der Waals surface area (Å²) in [5.41, 5.74) is 0.320. The van der Waals surface area contributed by atoms with Crippen LogP contribution < -0.4 is 74.6 Å². The molecule has 0 aliphatic heterocycles. The molecule has 0 fully saturated rings. The maximum absolute atomic E-state index is 11.3. The predicted octanol–water partition coefficient (Wildman–Crippen LogP) is -5.81. The van der Waals surface area contributed by atoms with Gasteiger partial charge in [-0.3, -0.25) is 0 Å². The summed E-state index contributed by atoms with van der Waals surface area (Å²) in [7, 11) is 0. The Morgan fingerprint density at radius 2 is 2.05 bits per heavy atom. The molecule has 0 spiro atoms. The topological polar surface area (TPSA) is 101 Å². The van der Waals surface area contributed by atoms with E-state index in [0.717, 1.165) is 11.8 Å². The molecule has 2 rings (SSSR count). The van der Waals surface area contributed by atoms with Gasteiger partial charge in [0.05, 0.1) is 5.97 Å². The zero-order valence-corrected chi connectivity index (χ0v) is 16.3. The van der Waals surface area contributed by atoms with Crippen molar-refractivity contribution in [1.82, 2.24) is 9.97 Å². The molecule has 2 aromatic rings. The van der Waals surface area contributed by atoms with Crippen LogP contribution in [0.4, 0.5) is 5.95 Å². The van der Waals surface area contributed by atoms with Gasteiger partial charge in [0.1, 0.15) is 0 Å². The van der Waals surface area contributed by atoms with Crippen molar-refractivity contribution in [2.75, 3.05) is 5.32 Å². The van der Waals surface area contributed by atoms with Crippen molar-refractivity contribution in [3.05, 3.63) is 46.6 Å². The van der Waals surface area contributed by atoms with Crippen LogP contribution >= 0.6 is 11.6 Å². The van der Waals surface area contributed by atoms with Gasteiger partial charge in [-0.05, 0) is 17.7 Å². The summed E-state index contributed by atoms with van der Waals surface area (Å²) in [5, 5.41) is 25.2. The fourth-order valence-electron chi connectivity index (χ4n) is 1.42. The van der Waals surface area contributed by atoms with Crippen molar-refractivity contribution in [3.8, 4) is 5.88 Å². The van der Waals surface area contributed by atoms with Crippen molar-refractivity contribution < 1.29 is 74.1 Å². The zero-order valence-electron chi connectivity index (χ0n) is 11.6. The minimum Gasteiger partial charge on any atom is -0.858 e. The third-order valence-corrected chi connectivity index (χ3v) is 2.55. The minimum absolute atomic E-state index is 0. The van der Waals surface area contributed by atoms with E-state index in [4.69, 9.17) is 11.6 Å². The van der Waals surface area contributed by atoms with Crippen LogP contribution in [0.15, 0.2) is 30.5 Å². The Hall–Kier alpha value is -0.340.